The number of aliphatic hydroxyl groups is 2. The Kier molecular flexibility index (Phi) is 2.81. The molecule has 1 saturated carbocycles. The van der Waals surface area contributed by atoms with Crippen LogP contribution in [0.1, 0.15) is 30.9 Å². The Morgan fingerprint density at radius 1 is 1.33 bits per heavy atom. The molecule has 15 heavy (non-hydrogen) atoms. The molecule has 2 N–H and O–H groups in total. The van der Waals surface area contributed by atoms with E-state index in [9.17, 15) is 10.2 Å². The van der Waals surface area contributed by atoms with Crippen LogP contribution < -0.4 is 0 Å². The molecule has 2 nitrogen and oxygen atoms in total. The molecule has 1 aliphatic carbocycles. The Balaban J connectivity index is 2.30. The zero-order valence-corrected chi connectivity index (χ0v) is 9.11. The van der Waals surface area contributed by atoms with E-state index in [1.807, 2.05) is 12.1 Å². The van der Waals surface area contributed by atoms with Crippen molar-refractivity contribution in [3.63, 3.8) is 0 Å². The summed E-state index contributed by atoms with van der Waals surface area (Å²) in [6, 6.07) is 8.14. The molecule has 2 heteroatoms. The first-order chi connectivity index (χ1) is 7.18. The van der Waals surface area contributed by atoms with Crippen molar-refractivity contribution in [1.29, 1.82) is 0 Å². The molecular formula is C13H18O2. The number of hydrogen-bond donors (Lipinski definition) is 2. The SMILES string of the molecule is CC(O)Cc1ccccc1C1(CO)CC1. The van der Waals surface area contributed by atoms with E-state index in [1.54, 1.807) is 6.92 Å². The van der Waals surface area contributed by atoms with Gasteiger partial charge < -0.3 is 10.2 Å². The highest BCUT2D eigenvalue weighted by Crippen LogP contribution is 2.48. The van der Waals surface area contributed by atoms with Crippen LogP contribution in [0.15, 0.2) is 24.3 Å². The van der Waals surface area contributed by atoms with Gasteiger partial charge in [-0.25, -0.2) is 0 Å². The summed E-state index contributed by atoms with van der Waals surface area (Å²) in [7, 11) is 0. The third-order valence-corrected chi connectivity index (χ3v) is 3.26. The molecule has 0 saturated heterocycles. The summed E-state index contributed by atoms with van der Waals surface area (Å²) in [6.07, 6.45) is 2.50. The number of benzene rings is 1. The Labute approximate surface area is 90.6 Å². The summed E-state index contributed by atoms with van der Waals surface area (Å²) in [4.78, 5) is 0. The predicted molar refractivity (Wildman–Crippen MR) is 59.8 cm³/mol. The molecule has 0 aromatic heterocycles. The van der Waals surface area contributed by atoms with Gasteiger partial charge in [-0.2, -0.15) is 0 Å². The van der Waals surface area contributed by atoms with Crippen LogP contribution in [0.25, 0.3) is 0 Å². The molecule has 1 atom stereocenters. The molecule has 1 aromatic carbocycles. The second-order valence-corrected chi connectivity index (χ2v) is 4.65. The van der Waals surface area contributed by atoms with Gasteiger partial charge in [0.05, 0.1) is 12.7 Å². The van der Waals surface area contributed by atoms with Crippen LogP contribution in [0.5, 0.6) is 0 Å². The lowest BCUT2D eigenvalue weighted by molar-refractivity contribution is 0.194. The fraction of sp³-hybridized carbons (Fsp3) is 0.538. The van der Waals surface area contributed by atoms with Gasteiger partial charge in [0.1, 0.15) is 0 Å². The largest absolute Gasteiger partial charge is 0.395 e. The first kappa shape index (κ1) is 10.7. The van der Waals surface area contributed by atoms with E-state index in [2.05, 4.69) is 12.1 Å². The van der Waals surface area contributed by atoms with Gasteiger partial charge in [-0.3, -0.25) is 0 Å². The van der Waals surface area contributed by atoms with Gasteiger partial charge in [0, 0.05) is 5.41 Å². The minimum Gasteiger partial charge on any atom is -0.395 e. The summed E-state index contributed by atoms with van der Waals surface area (Å²) in [5, 5.41) is 18.8. The Bertz CT molecular complexity index is 340. The Morgan fingerprint density at radius 3 is 2.53 bits per heavy atom. The molecule has 0 amide bonds. The van der Waals surface area contributed by atoms with Crippen LogP contribution >= 0.6 is 0 Å². The van der Waals surface area contributed by atoms with E-state index in [0.717, 1.165) is 12.8 Å². The molecule has 0 aliphatic heterocycles. The van der Waals surface area contributed by atoms with E-state index >= 15 is 0 Å². The predicted octanol–water partition coefficient (Wildman–Crippen LogP) is 1.63. The lowest BCUT2D eigenvalue weighted by Crippen LogP contribution is -2.16. The first-order valence-corrected chi connectivity index (χ1v) is 5.55. The second kappa shape index (κ2) is 3.95. The van der Waals surface area contributed by atoms with Crippen molar-refractivity contribution in [2.24, 2.45) is 0 Å². The van der Waals surface area contributed by atoms with Crippen LogP contribution in [0.2, 0.25) is 0 Å². The van der Waals surface area contributed by atoms with Gasteiger partial charge in [-0.05, 0) is 37.3 Å². The van der Waals surface area contributed by atoms with Gasteiger partial charge in [0.15, 0.2) is 0 Å². The molecule has 0 bridgehead atoms. The van der Waals surface area contributed by atoms with Gasteiger partial charge in [-0.1, -0.05) is 24.3 Å². The fourth-order valence-electron chi connectivity index (χ4n) is 2.20. The smallest absolute Gasteiger partial charge is 0.0552 e. The topological polar surface area (TPSA) is 40.5 Å². The molecule has 1 unspecified atom stereocenters. The van der Waals surface area contributed by atoms with E-state index in [0.29, 0.717) is 6.42 Å². The monoisotopic (exact) mass is 206 g/mol. The van der Waals surface area contributed by atoms with Gasteiger partial charge in [-0.15, -0.1) is 0 Å². The minimum atomic E-state index is -0.319. The average molecular weight is 206 g/mol. The molecule has 1 fully saturated rings. The molecule has 2 rings (SSSR count). The zero-order chi connectivity index (χ0) is 10.9. The Hall–Kier alpha value is -0.860. The first-order valence-electron chi connectivity index (χ1n) is 5.55. The maximum absolute atomic E-state index is 9.43. The molecule has 0 radical (unpaired) electrons. The van der Waals surface area contributed by atoms with Gasteiger partial charge in [0.2, 0.25) is 0 Å². The summed E-state index contributed by atoms with van der Waals surface area (Å²) in [5.41, 5.74) is 2.42. The van der Waals surface area contributed by atoms with Crippen molar-refractivity contribution in [2.75, 3.05) is 6.61 Å². The Morgan fingerprint density at radius 2 is 2.00 bits per heavy atom. The third kappa shape index (κ3) is 2.06. The zero-order valence-electron chi connectivity index (χ0n) is 9.11. The third-order valence-electron chi connectivity index (χ3n) is 3.26. The highest BCUT2D eigenvalue weighted by molar-refractivity contribution is 5.39. The maximum Gasteiger partial charge on any atom is 0.0552 e. The molecule has 1 aliphatic rings. The summed E-state index contributed by atoms with van der Waals surface area (Å²) in [6.45, 7) is 2.03. The molecule has 1 aromatic rings. The number of rotatable bonds is 4. The lowest BCUT2D eigenvalue weighted by Gasteiger charge is -2.18. The van der Waals surface area contributed by atoms with Crippen LogP contribution in [-0.4, -0.2) is 22.9 Å². The summed E-state index contributed by atoms with van der Waals surface area (Å²) >= 11 is 0. The van der Waals surface area contributed by atoms with E-state index in [-0.39, 0.29) is 18.1 Å². The normalized spacial score (nSPS) is 19.9. The van der Waals surface area contributed by atoms with Crippen LogP contribution in [0.4, 0.5) is 0 Å². The molecule has 0 spiro atoms. The van der Waals surface area contributed by atoms with Crippen molar-refractivity contribution in [2.45, 2.75) is 37.7 Å². The van der Waals surface area contributed by atoms with E-state index in [4.69, 9.17) is 0 Å². The van der Waals surface area contributed by atoms with Crippen molar-refractivity contribution in [3.8, 4) is 0 Å². The second-order valence-electron chi connectivity index (χ2n) is 4.65. The van der Waals surface area contributed by atoms with Crippen molar-refractivity contribution < 1.29 is 10.2 Å². The maximum atomic E-state index is 9.43. The highest BCUT2D eigenvalue weighted by atomic mass is 16.3. The van der Waals surface area contributed by atoms with Crippen LogP contribution in [-0.2, 0) is 11.8 Å². The van der Waals surface area contributed by atoms with Crippen molar-refractivity contribution in [1.82, 2.24) is 0 Å². The lowest BCUT2D eigenvalue weighted by atomic mass is 9.90. The standard InChI is InChI=1S/C13H18O2/c1-10(15)8-11-4-2-3-5-12(11)13(9-14)6-7-13/h2-5,10,14-15H,6-9H2,1H3. The highest BCUT2D eigenvalue weighted by Gasteiger charge is 2.44. The van der Waals surface area contributed by atoms with Gasteiger partial charge >= 0.3 is 0 Å². The van der Waals surface area contributed by atoms with Gasteiger partial charge in [0.25, 0.3) is 0 Å². The fourth-order valence-corrected chi connectivity index (χ4v) is 2.20. The van der Waals surface area contributed by atoms with E-state index in [1.165, 1.54) is 11.1 Å². The summed E-state index contributed by atoms with van der Waals surface area (Å²) in [5.74, 6) is 0. The quantitative estimate of drug-likeness (QED) is 0.786. The van der Waals surface area contributed by atoms with Crippen LogP contribution in [0, 0.1) is 0 Å². The van der Waals surface area contributed by atoms with E-state index < -0.39 is 0 Å². The molecular weight excluding hydrogens is 188 g/mol. The number of aliphatic hydroxyl groups excluding tert-OH is 2. The minimum absolute atomic E-state index is 0.00544. The average Bonchev–Trinajstić information content (AvgIpc) is 2.98. The summed E-state index contributed by atoms with van der Waals surface area (Å²) < 4.78 is 0. The van der Waals surface area contributed by atoms with Crippen LogP contribution in [0.3, 0.4) is 0 Å². The van der Waals surface area contributed by atoms with Crippen molar-refractivity contribution in [3.05, 3.63) is 35.4 Å². The van der Waals surface area contributed by atoms with Crippen molar-refractivity contribution >= 4 is 0 Å². The number of hydrogen-bond acceptors (Lipinski definition) is 2. The molecule has 0 heterocycles. The molecule has 82 valence electrons.